The molecular formula is C18H26IN3OS. The highest BCUT2D eigenvalue weighted by Gasteiger charge is 2.06. The number of methoxy groups -OCH3 is 1. The Labute approximate surface area is 166 Å². The van der Waals surface area contributed by atoms with Crippen LogP contribution in [0.15, 0.2) is 46.8 Å². The molecule has 4 nitrogen and oxygen atoms in total. The van der Waals surface area contributed by atoms with Crippen LogP contribution in [-0.2, 0) is 24.3 Å². The van der Waals surface area contributed by atoms with Gasteiger partial charge in [-0.3, -0.25) is 4.99 Å². The number of rotatable bonds is 7. The highest BCUT2D eigenvalue weighted by atomic mass is 127. The molecule has 132 valence electrons. The Morgan fingerprint density at radius 2 is 1.92 bits per heavy atom. The summed E-state index contributed by atoms with van der Waals surface area (Å²) in [6.45, 7) is 2.37. The maximum absolute atomic E-state index is 5.13. The van der Waals surface area contributed by atoms with Gasteiger partial charge in [-0.2, -0.15) is 0 Å². The SMILES string of the molecule is CN=C(NCc1ccc(COC)cc1)N(C)CCc1cccs1.I. The van der Waals surface area contributed by atoms with Crippen LogP contribution in [0.5, 0.6) is 0 Å². The molecule has 0 aliphatic carbocycles. The first-order valence-corrected chi connectivity index (χ1v) is 8.62. The molecular weight excluding hydrogens is 433 g/mol. The van der Waals surface area contributed by atoms with E-state index < -0.39 is 0 Å². The van der Waals surface area contributed by atoms with Gasteiger partial charge in [0.2, 0.25) is 0 Å². The summed E-state index contributed by atoms with van der Waals surface area (Å²) in [6.07, 6.45) is 1.04. The normalized spacial score (nSPS) is 11.0. The summed E-state index contributed by atoms with van der Waals surface area (Å²) in [7, 11) is 5.61. The number of likely N-dealkylation sites (N-methyl/N-ethyl adjacent to an activating group) is 1. The number of nitrogens with one attached hydrogen (secondary N) is 1. The minimum absolute atomic E-state index is 0. The summed E-state index contributed by atoms with van der Waals surface area (Å²) < 4.78 is 5.13. The standard InChI is InChI=1S/C18H25N3OS.HI/c1-19-18(21(2)11-10-17-5-4-12-23-17)20-13-15-6-8-16(9-7-15)14-22-3;/h4-9,12H,10-11,13-14H2,1-3H3,(H,19,20);1H. The highest BCUT2D eigenvalue weighted by molar-refractivity contribution is 14.0. The van der Waals surface area contributed by atoms with Gasteiger partial charge in [0.05, 0.1) is 6.61 Å². The van der Waals surface area contributed by atoms with E-state index in [-0.39, 0.29) is 24.0 Å². The quantitative estimate of drug-likeness (QED) is 0.389. The molecule has 2 aromatic rings. The predicted molar refractivity (Wildman–Crippen MR) is 113 cm³/mol. The van der Waals surface area contributed by atoms with Crippen LogP contribution in [-0.4, -0.2) is 38.6 Å². The van der Waals surface area contributed by atoms with Gasteiger partial charge in [-0.05, 0) is 29.0 Å². The number of guanidine groups is 1. The van der Waals surface area contributed by atoms with Gasteiger partial charge in [0.1, 0.15) is 0 Å². The molecule has 0 fully saturated rings. The highest BCUT2D eigenvalue weighted by Crippen LogP contribution is 2.09. The molecule has 1 aromatic heterocycles. The van der Waals surface area contributed by atoms with Crippen LogP contribution in [0.3, 0.4) is 0 Å². The fourth-order valence-electron chi connectivity index (χ4n) is 2.32. The van der Waals surface area contributed by atoms with Crippen molar-refractivity contribution in [2.75, 3.05) is 27.7 Å². The second kappa shape index (κ2) is 11.4. The third kappa shape index (κ3) is 6.78. The van der Waals surface area contributed by atoms with Crippen LogP contribution in [0, 0.1) is 0 Å². The summed E-state index contributed by atoms with van der Waals surface area (Å²) >= 11 is 1.80. The van der Waals surface area contributed by atoms with Crippen LogP contribution in [0.4, 0.5) is 0 Å². The fourth-order valence-corrected chi connectivity index (χ4v) is 3.02. The molecule has 1 heterocycles. The first kappa shape index (κ1) is 20.9. The number of hydrogen-bond acceptors (Lipinski definition) is 3. The lowest BCUT2D eigenvalue weighted by Gasteiger charge is -2.22. The summed E-state index contributed by atoms with van der Waals surface area (Å²) in [4.78, 5) is 7.93. The molecule has 2 rings (SSSR count). The molecule has 0 aliphatic heterocycles. The second-order valence-electron chi connectivity index (χ2n) is 5.40. The molecule has 0 amide bonds. The number of benzene rings is 1. The Morgan fingerprint density at radius 1 is 1.21 bits per heavy atom. The lowest BCUT2D eigenvalue weighted by molar-refractivity contribution is 0.185. The van der Waals surface area contributed by atoms with Crippen LogP contribution in [0.2, 0.25) is 0 Å². The van der Waals surface area contributed by atoms with Crippen LogP contribution < -0.4 is 5.32 Å². The van der Waals surface area contributed by atoms with E-state index in [9.17, 15) is 0 Å². The minimum Gasteiger partial charge on any atom is -0.380 e. The molecule has 6 heteroatoms. The molecule has 0 unspecified atom stereocenters. The zero-order valence-corrected chi connectivity index (χ0v) is 17.6. The van der Waals surface area contributed by atoms with Gasteiger partial charge >= 0.3 is 0 Å². The number of aliphatic imine (C=N–C) groups is 1. The molecule has 1 N–H and O–H groups in total. The van der Waals surface area contributed by atoms with Gasteiger partial charge in [-0.15, -0.1) is 35.3 Å². The molecule has 24 heavy (non-hydrogen) atoms. The summed E-state index contributed by atoms with van der Waals surface area (Å²) in [5, 5.41) is 5.54. The fraction of sp³-hybridized carbons (Fsp3) is 0.389. The zero-order valence-electron chi connectivity index (χ0n) is 14.5. The number of halogens is 1. The maximum atomic E-state index is 5.13. The Bertz CT molecular complexity index is 599. The van der Waals surface area contributed by atoms with Crippen molar-refractivity contribution < 1.29 is 4.74 Å². The average Bonchev–Trinajstić information content (AvgIpc) is 3.09. The second-order valence-corrected chi connectivity index (χ2v) is 6.43. The Kier molecular flexibility index (Phi) is 9.97. The topological polar surface area (TPSA) is 36.9 Å². The Balaban J connectivity index is 0.00000288. The van der Waals surface area contributed by atoms with Crippen molar-refractivity contribution in [2.24, 2.45) is 4.99 Å². The molecule has 0 radical (unpaired) electrons. The van der Waals surface area contributed by atoms with Crippen molar-refractivity contribution in [2.45, 2.75) is 19.6 Å². The number of hydrogen-bond donors (Lipinski definition) is 1. The summed E-state index contributed by atoms with van der Waals surface area (Å²) in [6, 6.07) is 12.7. The summed E-state index contributed by atoms with van der Waals surface area (Å²) in [5.74, 6) is 0.919. The van der Waals surface area contributed by atoms with Gasteiger partial charge < -0.3 is 15.0 Å². The van der Waals surface area contributed by atoms with Crippen molar-refractivity contribution in [1.82, 2.24) is 10.2 Å². The van der Waals surface area contributed by atoms with Crippen LogP contribution >= 0.6 is 35.3 Å². The summed E-state index contributed by atoms with van der Waals surface area (Å²) in [5.41, 5.74) is 2.42. The van der Waals surface area contributed by atoms with Crippen molar-refractivity contribution in [3.63, 3.8) is 0 Å². The third-order valence-corrected chi connectivity index (χ3v) is 4.57. The van der Waals surface area contributed by atoms with E-state index in [1.165, 1.54) is 16.0 Å². The van der Waals surface area contributed by atoms with Crippen LogP contribution in [0.1, 0.15) is 16.0 Å². The molecule has 0 saturated carbocycles. The average molecular weight is 459 g/mol. The number of ether oxygens (including phenoxy) is 1. The first-order valence-electron chi connectivity index (χ1n) is 7.74. The lowest BCUT2D eigenvalue weighted by Crippen LogP contribution is -2.39. The van der Waals surface area contributed by atoms with E-state index in [0.29, 0.717) is 6.61 Å². The van der Waals surface area contributed by atoms with E-state index in [1.807, 2.05) is 7.05 Å². The molecule has 0 atom stereocenters. The molecule has 0 spiro atoms. The van der Waals surface area contributed by atoms with E-state index in [1.54, 1.807) is 18.4 Å². The Hall–Kier alpha value is -1.12. The molecule has 0 saturated heterocycles. The van der Waals surface area contributed by atoms with Crippen LogP contribution in [0.25, 0.3) is 0 Å². The predicted octanol–water partition coefficient (Wildman–Crippen LogP) is 3.76. The first-order chi connectivity index (χ1) is 11.2. The van der Waals surface area contributed by atoms with E-state index >= 15 is 0 Å². The van der Waals surface area contributed by atoms with Crippen molar-refractivity contribution >= 4 is 41.3 Å². The van der Waals surface area contributed by atoms with Crippen molar-refractivity contribution in [3.8, 4) is 0 Å². The third-order valence-electron chi connectivity index (χ3n) is 3.63. The van der Waals surface area contributed by atoms with E-state index in [4.69, 9.17) is 4.74 Å². The van der Waals surface area contributed by atoms with E-state index in [0.717, 1.165) is 25.5 Å². The smallest absolute Gasteiger partial charge is 0.193 e. The van der Waals surface area contributed by atoms with E-state index in [2.05, 4.69) is 64.0 Å². The number of thiophene rings is 1. The monoisotopic (exact) mass is 459 g/mol. The van der Waals surface area contributed by atoms with Gasteiger partial charge in [-0.1, -0.05) is 30.3 Å². The van der Waals surface area contributed by atoms with Gasteiger partial charge in [0.25, 0.3) is 0 Å². The van der Waals surface area contributed by atoms with Gasteiger partial charge in [-0.25, -0.2) is 0 Å². The number of nitrogens with zero attached hydrogens (tertiary/aromatic N) is 2. The molecule has 0 bridgehead atoms. The molecule has 1 aromatic carbocycles. The van der Waals surface area contributed by atoms with Gasteiger partial charge in [0.15, 0.2) is 5.96 Å². The zero-order chi connectivity index (χ0) is 16.5. The lowest BCUT2D eigenvalue weighted by atomic mass is 10.1. The van der Waals surface area contributed by atoms with Crippen molar-refractivity contribution in [3.05, 3.63) is 57.8 Å². The van der Waals surface area contributed by atoms with Gasteiger partial charge in [0, 0.05) is 39.2 Å². The Morgan fingerprint density at radius 3 is 2.50 bits per heavy atom. The largest absolute Gasteiger partial charge is 0.380 e. The molecule has 0 aliphatic rings. The minimum atomic E-state index is 0. The maximum Gasteiger partial charge on any atom is 0.193 e. The van der Waals surface area contributed by atoms with Crippen molar-refractivity contribution in [1.29, 1.82) is 0 Å².